The summed E-state index contributed by atoms with van der Waals surface area (Å²) < 4.78 is 50.0. The summed E-state index contributed by atoms with van der Waals surface area (Å²) in [5.74, 6) is -1.66. The van der Waals surface area contributed by atoms with Gasteiger partial charge in [-0.2, -0.15) is 0 Å². The number of aliphatic hydroxyl groups excluding tert-OH is 6. The summed E-state index contributed by atoms with van der Waals surface area (Å²) in [4.78, 5) is 64.3. The Morgan fingerprint density at radius 1 is 0.571 bits per heavy atom. The quantitative estimate of drug-likeness (QED) is 0.0325. The minimum absolute atomic E-state index is 0.294. The number of hydrogen-bond donors (Lipinski definition) is 12. The fourth-order valence-electron chi connectivity index (χ4n) is 7.79. The molecule has 0 aromatic heterocycles. The van der Waals surface area contributed by atoms with Gasteiger partial charge in [-0.05, 0) is 12.8 Å². The fraction of sp³-hybridized carbons (Fsp3) is 0.950. The van der Waals surface area contributed by atoms with Gasteiger partial charge in [0, 0.05) is 0 Å². The van der Waals surface area contributed by atoms with Gasteiger partial charge in [0.1, 0.15) is 48.7 Å². The maximum Gasteiger partial charge on any atom is 0.472 e. The molecule has 0 saturated carbocycles. The van der Waals surface area contributed by atoms with E-state index in [1.54, 1.807) is 0 Å². The summed E-state index contributed by atoms with van der Waals surface area (Å²) in [6.07, 6.45) is 1.33. The summed E-state index contributed by atoms with van der Waals surface area (Å²) >= 11 is 0. The average Bonchev–Trinajstić information content (AvgIpc) is 3.19. The molecule has 0 bridgehead atoms. The zero-order valence-electron chi connectivity index (χ0n) is 36.9. The lowest BCUT2D eigenvalue weighted by molar-refractivity contribution is -0.294. The molecule has 0 aromatic carbocycles. The SMILES string of the molecule is CCCCCCCCCCC[C@@H](O)CC(=O)N[C@H]1[C@H](OC[C@H]2OC(OP(=O)(O)O)[C@H](NC(=O)C[C@H](O)CCCCCCCCCCC)[C@@H](O)[C@@H]2O)O[C@H](CO)[C@@H](OP(=O)(O)O)[C@@H]1O. The second-order valence-corrected chi connectivity index (χ2v) is 19.3. The Labute approximate surface area is 371 Å². The van der Waals surface area contributed by atoms with Crippen LogP contribution in [0.3, 0.4) is 0 Å². The number of nitrogens with one attached hydrogen (secondary N) is 2. The predicted molar refractivity (Wildman–Crippen MR) is 227 cm³/mol. The topological polar surface area (TPSA) is 341 Å². The molecule has 2 rings (SSSR count). The summed E-state index contributed by atoms with van der Waals surface area (Å²) in [6, 6.07) is -3.46. The average molecular weight is 953 g/mol. The third-order valence-electron chi connectivity index (χ3n) is 11.3. The lowest BCUT2D eigenvalue weighted by Gasteiger charge is -2.45. The number of ether oxygens (including phenoxy) is 3. The van der Waals surface area contributed by atoms with E-state index in [1.165, 1.54) is 51.4 Å². The van der Waals surface area contributed by atoms with Crippen molar-refractivity contribution in [3.8, 4) is 0 Å². The molecule has 2 aliphatic heterocycles. The number of carbonyl (C=O) groups is 2. The molecule has 2 heterocycles. The molecule has 23 heteroatoms. The molecule has 21 nitrogen and oxygen atoms in total. The van der Waals surface area contributed by atoms with E-state index in [9.17, 15) is 68.9 Å². The molecule has 2 fully saturated rings. The number of phosphoric acid groups is 2. The number of amides is 2. The first kappa shape index (κ1) is 57.9. The van der Waals surface area contributed by atoms with Crippen molar-refractivity contribution in [3.63, 3.8) is 0 Å². The van der Waals surface area contributed by atoms with Gasteiger partial charge >= 0.3 is 15.6 Å². The third kappa shape index (κ3) is 23.9. The normalized spacial score (nSPS) is 27.8. The van der Waals surface area contributed by atoms with Gasteiger partial charge in [-0.3, -0.25) is 18.6 Å². The predicted octanol–water partition coefficient (Wildman–Crippen LogP) is 2.43. The van der Waals surface area contributed by atoms with Crippen molar-refractivity contribution in [2.75, 3.05) is 13.2 Å². The molecule has 63 heavy (non-hydrogen) atoms. The fourth-order valence-corrected chi connectivity index (χ4v) is 8.82. The Kier molecular flexibility index (Phi) is 28.5. The van der Waals surface area contributed by atoms with E-state index in [0.29, 0.717) is 25.7 Å². The summed E-state index contributed by atoms with van der Waals surface area (Å²) in [6.45, 7) is 2.50. The summed E-state index contributed by atoms with van der Waals surface area (Å²) in [5, 5.41) is 69.1. The second kappa shape index (κ2) is 31.0. The molecular formula is C40H78N2O19P2. The lowest BCUT2D eigenvalue weighted by atomic mass is 9.95. The number of phosphoric ester groups is 2. The van der Waals surface area contributed by atoms with Crippen molar-refractivity contribution >= 4 is 27.5 Å². The van der Waals surface area contributed by atoms with Crippen LogP contribution >= 0.6 is 15.6 Å². The van der Waals surface area contributed by atoms with Gasteiger partial charge in [-0.1, -0.05) is 129 Å². The van der Waals surface area contributed by atoms with Crippen molar-refractivity contribution in [2.45, 2.75) is 229 Å². The molecule has 0 spiro atoms. The van der Waals surface area contributed by atoms with Gasteiger partial charge in [0.25, 0.3) is 0 Å². The Hall–Kier alpha value is -1.20. The van der Waals surface area contributed by atoms with Crippen LogP contribution in [0.2, 0.25) is 0 Å². The van der Waals surface area contributed by atoms with Crippen LogP contribution in [0.15, 0.2) is 0 Å². The van der Waals surface area contributed by atoms with Crippen LogP contribution in [-0.4, -0.2) is 149 Å². The zero-order valence-corrected chi connectivity index (χ0v) is 38.7. The van der Waals surface area contributed by atoms with Crippen LogP contribution in [0, 0.1) is 0 Å². The molecule has 2 saturated heterocycles. The Bertz CT molecular complexity index is 1360. The monoisotopic (exact) mass is 952 g/mol. The standard InChI is InChI=1S/C40H78N2O19P2/c1-3-5-7-9-11-13-15-17-19-21-27(44)23-31(46)41-33-36(49)35(48)30(59-40(33)61-63(54,55)56)26-57-39-34(37(50)38(29(25-43)58-39)60-62(51,52)53)42-32(47)24-28(45)22-20-18-16-14-12-10-8-6-4-2/h27-30,33-40,43-45,48-50H,3-26H2,1-2H3,(H,41,46)(H,42,47)(H2,51,52,53)(H2,54,55,56)/t27-,28-,29-,30-,33-,34-,35-,36-,37-,38-,39-,40?/m1/s1. The molecule has 2 amide bonds. The van der Waals surface area contributed by atoms with E-state index >= 15 is 0 Å². The van der Waals surface area contributed by atoms with Crippen LogP contribution in [-0.2, 0) is 42.0 Å². The maximum atomic E-state index is 13.1. The molecule has 0 radical (unpaired) electrons. The first-order valence-electron chi connectivity index (χ1n) is 22.8. The van der Waals surface area contributed by atoms with Crippen molar-refractivity contribution < 1.29 is 92.2 Å². The van der Waals surface area contributed by atoms with Gasteiger partial charge in [0.15, 0.2) is 12.6 Å². The van der Waals surface area contributed by atoms with E-state index in [1.807, 2.05) is 0 Å². The molecule has 1 unspecified atom stereocenters. The van der Waals surface area contributed by atoms with Gasteiger partial charge in [0.2, 0.25) is 11.8 Å². The first-order valence-corrected chi connectivity index (χ1v) is 25.9. The van der Waals surface area contributed by atoms with E-state index in [2.05, 4.69) is 29.0 Å². The Morgan fingerprint density at radius 2 is 0.968 bits per heavy atom. The third-order valence-corrected chi connectivity index (χ3v) is 12.3. The number of unbranched alkanes of at least 4 members (excludes halogenated alkanes) is 16. The molecule has 372 valence electrons. The van der Waals surface area contributed by atoms with Gasteiger partial charge in [-0.15, -0.1) is 0 Å². The van der Waals surface area contributed by atoms with Crippen molar-refractivity contribution in [3.05, 3.63) is 0 Å². The van der Waals surface area contributed by atoms with Gasteiger partial charge in [0.05, 0.1) is 38.3 Å². The highest BCUT2D eigenvalue weighted by Gasteiger charge is 2.52. The highest BCUT2D eigenvalue weighted by atomic mass is 31.2. The van der Waals surface area contributed by atoms with E-state index in [0.717, 1.165) is 51.4 Å². The summed E-state index contributed by atoms with van der Waals surface area (Å²) in [7, 11) is -10.7. The molecule has 2 aliphatic rings. The summed E-state index contributed by atoms with van der Waals surface area (Å²) in [5.41, 5.74) is 0. The highest BCUT2D eigenvalue weighted by Crippen LogP contribution is 2.42. The molecule has 0 aromatic rings. The number of rotatable bonds is 34. The molecule has 0 aliphatic carbocycles. The van der Waals surface area contributed by atoms with Crippen molar-refractivity contribution in [1.29, 1.82) is 0 Å². The van der Waals surface area contributed by atoms with Crippen LogP contribution in [0.5, 0.6) is 0 Å². The maximum absolute atomic E-state index is 13.1. The largest absolute Gasteiger partial charge is 0.472 e. The van der Waals surface area contributed by atoms with E-state index in [4.69, 9.17) is 18.7 Å². The van der Waals surface area contributed by atoms with Crippen LogP contribution < -0.4 is 10.6 Å². The Morgan fingerprint density at radius 3 is 1.38 bits per heavy atom. The minimum atomic E-state index is -5.38. The smallest absolute Gasteiger partial charge is 0.394 e. The number of carbonyl (C=O) groups excluding carboxylic acids is 2. The number of hydrogen-bond acceptors (Lipinski definition) is 15. The minimum Gasteiger partial charge on any atom is -0.394 e. The van der Waals surface area contributed by atoms with Crippen LogP contribution in [0.25, 0.3) is 0 Å². The van der Waals surface area contributed by atoms with Crippen molar-refractivity contribution in [1.82, 2.24) is 10.6 Å². The van der Waals surface area contributed by atoms with Gasteiger partial charge in [-0.25, -0.2) is 9.13 Å². The van der Waals surface area contributed by atoms with Gasteiger partial charge < -0.3 is 75.1 Å². The highest BCUT2D eigenvalue weighted by molar-refractivity contribution is 7.46. The number of aliphatic hydroxyl groups is 6. The second-order valence-electron chi connectivity index (χ2n) is 16.9. The lowest BCUT2D eigenvalue weighted by Crippen LogP contribution is -2.67. The van der Waals surface area contributed by atoms with E-state index < -0.39 is 127 Å². The molecule has 12 N–H and O–H groups in total. The van der Waals surface area contributed by atoms with E-state index in [-0.39, 0.29) is 0 Å². The zero-order chi connectivity index (χ0) is 47.0. The van der Waals surface area contributed by atoms with Crippen molar-refractivity contribution in [2.24, 2.45) is 0 Å². The Balaban J connectivity index is 2.07. The molecule has 12 atom stereocenters. The van der Waals surface area contributed by atoms with Crippen LogP contribution in [0.1, 0.15) is 155 Å². The van der Waals surface area contributed by atoms with Crippen LogP contribution in [0.4, 0.5) is 0 Å². The first-order chi connectivity index (χ1) is 29.8. The molecular weight excluding hydrogens is 874 g/mol.